The maximum absolute atomic E-state index is 6.18. The van der Waals surface area contributed by atoms with Gasteiger partial charge in [0.2, 0.25) is 0 Å². The summed E-state index contributed by atoms with van der Waals surface area (Å²) in [6, 6.07) is 8.15. The van der Waals surface area contributed by atoms with Crippen molar-refractivity contribution in [2.45, 2.75) is 19.9 Å². The summed E-state index contributed by atoms with van der Waals surface area (Å²) in [7, 11) is 0. The molecule has 2 aromatic rings. The van der Waals surface area contributed by atoms with Gasteiger partial charge in [-0.25, -0.2) is 0 Å². The first-order valence-electron chi connectivity index (χ1n) is 5.97. The molecule has 1 unspecified atom stereocenters. The molecule has 0 bridgehead atoms. The first-order valence-corrected chi connectivity index (χ1v) is 8.33. The maximum atomic E-state index is 6.18. The molecule has 1 N–H and O–H groups in total. The van der Waals surface area contributed by atoms with E-state index in [2.05, 4.69) is 34.2 Å². The fourth-order valence-corrected chi connectivity index (χ4v) is 4.15. The van der Waals surface area contributed by atoms with Gasteiger partial charge in [0.25, 0.3) is 0 Å². The van der Waals surface area contributed by atoms with Gasteiger partial charge in [-0.05, 0) is 42.8 Å². The number of benzene rings is 1. The van der Waals surface area contributed by atoms with E-state index >= 15 is 0 Å². The maximum Gasteiger partial charge on any atom is 0.0961 e. The van der Waals surface area contributed by atoms with Crippen LogP contribution in [0.25, 0.3) is 0 Å². The van der Waals surface area contributed by atoms with Crippen LogP contribution >= 0.6 is 50.5 Å². The molecule has 5 heteroatoms. The predicted octanol–water partition coefficient (Wildman–Crippen LogP) is 5.82. The van der Waals surface area contributed by atoms with Crippen molar-refractivity contribution in [3.05, 3.63) is 54.1 Å². The van der Waals surface area contributed by atoms with E-state index in [9.17, 15) is 0 Å². The molecule has 0 fully saturated rings. The van der Waals surface area contributed by atoms with Crippen molar-refractivity contribution in [2.24, 2.45) is 0 Å². The molecule has 1 nitrogen and oxygen atoms in total. The quantitative estimate of drug-likeness (QED) is 0.706. The minimum Gasteiger partial charge on any atom is -0.306 e. The zero-order chi connectivity index (χ0) is 14.0. The highest BCUT2D eigenvalue weighted by atomic mass is 79.9. The second kappa shape index (κ2) is 6.59. The Labute approximate surface area is 136 Å². The van der Waals surface area contributed by atoms with Crippen LogP contribution in [-0.2, 0) is 0 Å². The Bertz CT molecular complexity index is 563. The van der Waals surface area contributed by atoms with Crippen molar-refractivity contribution in [2.75, 3.05) is 6.54 Å². The third-order valence-electron chi connectivity index (χ3n) is 2.84. The first-order chi connectivity index (χ1) is 9.02. The third kappa shape index (κ3) is 3.53. The van der Waals surface area contributed by atoms with E-state index in [0.717, 1.165) is 25.9 Å². The Morgan fingerprint density at radius 2 is 2.05 bits per heavy atom. The normalized spacial score (nSPS) is 12.7. The zero-order valence-corrected chi connectivity index (χ0v) is 14.6. The van der Waals surface area contributed by atoms with Crippen LogP contribution in [0.2, 0.25) is 9.36 Å². The van der Waals surface area contributed by atoms with Gasteiger partial charge in [0.15, 0.2) is 0 Å². The van der Waals surface area contributed by atoms with Crippen molar-refractivity contribution in [1.29, 1.82) is 0 Å². The van der Waals surface area contributed by atoms with Crippen LogP contribution in [0.5, 0.6) is 0 Å². The van der Waals surface area contributed by atoms with Crippen LogP contribution in [-0.4, -0.2) is 6.54 Å². The standard InChI is InChI=1S/C14H14BrCl2NS/c1-3-18-13(12-6-8(2)14(17)19-12)10-5-4-9(16)7-11(10)15/h4-7,13,18H,3H2,1-2H3. The van der Waals surface area contributed by atoms with Crippen LogP contribution in [0.1, 0.15) is 29.0 Å². The van der Waals surface area contributed by atoms with Gasteiger partial charge >= 0.3 is 0 Å². The Kier molecular flexibility index (Phi) is 5.32. The predicted molar refractivity (Wildman–Crippen MR) is 88.7 cm³/mol. The molecule has 1 atom stereocenters. The Morgan fingerprint density at radius 3 is 2.58 bits per heavy atom. The molecule has 1 aromatic heterocycles. The van der Waals surface area contributed by atoms with Gasteiger partial charge < -0.3 is 5.32 Å². The average molecular weight is 379 g/mol. The molecule has 0 aliphatic heterocycles. The molecule has 102 valence electrons. The fraction of sp³-hybridized carbons (Fsp3) is 0.286. The van der Waals surface area contributed by atoms with Crippen LogP contribution in [0.15, 0.2) is 28.7 Å². The van der Waals surface area contributed by atoms with Crippen molar-refractivity contribution < 1.29 is 0 Å². The van der Waals surface area contributed by atoms with E-state index in [1.165, 1.54) is 10.4 Å². The molecule has 0 aliphatic rings. The highest BCUT2D eigenvalue weighted by molar-refractivity contribution is 9.10. The summed E-state index contributed by atoms with van der Waals surface area (Å²) in [4.78, 5) is 1.22. The summed E-state index contributed by atoms with van der Waals surface area (Å²) >= 11 is 17.4. The lowest BCUT2D eigenvalue weighted by Crippen LogP contribution is -2.21. The van der Waals surface area contributed by atoms with Gasteiger partial charge in [0.05, 0.1) is 10.4 Å². The summed E-state index contributed by atoms with van der Waals surface area (Å²) in [5, 5.41) is 4.22. The van der Waals surface area contributed by atoms with E-state index in [0.29, 0.717) is 0 Å². The van der Waals surface area contributed by atoms with Crippen LogP contribution in [0.4, 0.5) is 0 Å². The smallest absolute Gasteiger partial charge is 0.0961 e. The van der Waals surface area contributed by atoms with Gasteiger partial charge in [-0.15, -0.1) is 11.3 Å². The second-order valence-corrected chi connectivity index (χ2v) is 7.24. The lowest BCUT2D eigenvalue weighted by Gasteiger charge is -2.18. The zero-order valence-electron chi connectivity index (χ0n) is 10.6. The van der Waals surface area contributed by atoms with E-state index in [1.807, 2.05) is 25.1 Å². The van der Waals surface area contributed by atoms with Crippen LogP contribution in [0.3, 0.4) is 0 Å². The van der Waals surface area contributed by atoms with E-state index < -0.39 is 0 Å². The van der Waals surface area contributed by atoms with Crippen LogP contribution < -0.4 is 5.32 Å². The lowest BCUT2D eigenvalue weighted by atomic mass is 10.0. The molecule has 0 saturated carbocycles. The van der Waals surface area contributed by atoms with Gasteiger partial charge in [0, 0.05) is 14.4 Å². The summed E-state index contributed by atoms with van der Waals surface area (Å²) < 4.78 is 1.86. The molecule has 19 heavy (non-hydrogen) atoms. The molecule has 0 radical (unpaired) electrons. The number of rotatable bonds is 4. The molecule has 1 aromatic carbocycles. The number of aryl methyl sites for hydroxylation is 1. The van der Waals surface area contributed by atoms with Gasteiger partial charge in [0.1, 0.15) is 0 Å². The van der Waals surface area contributed by atoms with Crippen molar-refractivity contribution in [1.82, 2.24) is 5.32 Å². The van der Waals surface area contributed by atoms with Crippen molar-refractivity contribution in [3.8, 4) is 0 Å². The van der Waals surface area contributed by atoms with Crippen molar-refractivity contribution >= 4 is 50.5 Å². The number of nitrogens with one attached hydrogen (secondary N) is 1. The summed E-state index contributed by atoms with van der Waals surface area (Å²) in [5.41, 5.74) is 2.29. The molecule has 2 rings (SSSR count). The Morgan fingerprint density at radius 1 is 1.32 bits per heavy atom. The fourth-order valence-electron chi connectivity index (χ4n) is 1.93. The third-order valence-corrected chi connectivity index (χ3v) is 5.38. The Hall–Kier alpha value is -0.0600. The number of hydrogen-bond acceptors (Lipinski definition) is 2. The number of thiophene rings is 1. The SMILES string of the molecule is CCNC(c1cc(C)c(Cl)s1)c1ccc(Cl)cc1Br. The number of halogens is 3. The summed E-state index contributed by atoms with van der Waals surface area (Å²) in [5.74, 6) is 0. The molecular weight excluding hydrogens is 365 g/mol. The highest BCUT2D eigenvalue weighted by Crippen LogP contribution is 2.37. The van der Waals surface area contributed by atoms with Crippen LogP contribution in [0, 0.1) is 6.92 Å². The Balaban J connectivity index is 2.44. The molecule has 0 saturated heterocycles. The molecular formula is C14H14BrCl2NS. The molecule has 0 spiro atoms. The monoisotopic (exact) mass is 377 g/mol. The largest absolute Gasteiger partial charge is 0.306 e. The average Bonchev–Trinajstić information content (AvgIpc) is 2.67. The number of hydrogen-bond donors (Lipinski definition) is 1. The molecule has 1 heterocycles. The minimum absolute atomic E-state index is 0.132. The van der Waals surface area contributed by atoms with E-state index in [4.69, 9.17) is 23.2 Å². The summed E-state index contributed by atoms with van der Waals surface area (Å²) in [6.07, 6.45) is 0. The van der Waals surface area contributed by atoms with Gasteiger partial charge in [-0.2, -0.15) is 0 Å². The lowest BCUT2D eigenvalue weighted by molar-refractivity contribution is 0.637. The van der Waals surface area contributed by atoms with Crippen molar-refractivity contribution in [3.63, 3.8) is 0 Å². The second-order valence-electron chi connectivity index (χ2n) is 4.26. The molecule has 0 amide bonds. The van der Waals surface area contributed by atoms with E-state index in [-0.39, 0.29) is 6.04 Å². The van der Waals surface area contributed by atoms with Gasteiger partial charge in [-0.1, -0.05) is 52.1 Å². The van der Waals surface area contributed by atoms with Gasteiger partial charge in [-0.3, -0.25) is 0 Å². The van der Waals surface area contributed by atoms with E-state index in [1.54, 1.807) is 11.3 Å². The summed E-state index contributed by atoms with van der Waals surface area (Å²) in [6.45, 7) is 5.01. The highest BCUT2D eigenvalue weighted by Gasteiger charge is 2.19. The first kappa shape index (κ1) is 15.3. The minimum atomic E-state index is 0.132. The topological polar surface area (TPSA) is 12.0 Å². The molecule has 0 aliphatic carbocycles.